The minimum absolute atomic E-state index is 0.0459. The quantitative estimate of drug-likeness (QED) is 0.829. The fourth-order valence-corrected chi connectivity index (χ4v) is 2.59. The lowest BCUT2D eigenvalue weighted by atomic mass is 9.92. The lowest BCUT2D eigenvalue weighted by Gasteiger charge is -2.21. The number of benzene rings is 1. The van der Waals surface area contributed by atoms with E-state index in [1.165, 1.54) is 0 Å². The van der Waals surface area contributed by atoms with Crippen molar-refractivity contribution >= 4 is 11.7 Å². The van der Waals surface area contributed by atoms with E-state index in [9.17, 15) is 9.59 Å². The average molecular weight is 275 g/mol. The molecule has 1 saturated heterocycles. The molecule has 0 spiro atoms. The first-order valence-corrected chi connectivity index (χ1v) is 6.93. The van der Waals surface area contributed by atoms with E-state index < -0.39 is 0 Å². The molecule has 2 heterocycles. The number of carbonyl (C=O) groups excluding carboxylic acids is 2. The lowest BCUT2D eigenvalue weighted by molar-refractivity contribution is 0.0461. The second-order valence-electron chi connectivity index (χ2n) is 5.09. The van der Waals surface area contributed by atoms with Gasteiger partial charge in [-0.25, -0.2) is 0 Å². The highest BCUT2D eigenvalue weighted by atomic mass is 16.5. The Morgan fingerprint density at radius 2 is 2.20 bits per heavy atom. The summed E-state index contributed by atoms with van der Waals surface area (Å²) in [6, 6.07) is 5.07. The van der Waals surface area contributed by atoms with Gasteiger partial charge in [0.2, 0.25) is 0 Å². The van der Waals surface area contributed by atoms with Gasteiger partial charge in [0.15, 0.2) is 5.78 Å². The van der Waals surface area contributed by atoms with Gasteiger partial charge in [0, 0.05) is 18.1 Å². The maximum atomic E-state index is 12.4. The SMILES string of the molecule is O=C1NCCOc2ccc(C(=O)C3CCCOC3)cc21. The topological polar surface area (TPSA) is 64.6 Å². The zero-order valence-electron chi connectivity index (χ0n) is 11.2. The van der Waals surface area contributed by atoms with E-state index in [2.05, 4.69) is 5.32 Å². The number of nitrogens with one attached hydrogen (secondary N) is 1. The first-order chi connectivity index (χ1) is 9.75. The van der Waals surface area contributed by atoms with E-state index in [-0.39, 0.29) is 17.6 Å². The number of carbonyl (C=O) groups is 2. The predicted octanol–water partition coefficient (Wildman–Crippen LogP) is 1.42. The van der Waals surface area contributed by atoms with Crippen molar-refractivity contribution in [1.29, 1.82) is 0 Å². The third-order valence-corrected chi connectivity index (χ3v) is 3.68. The van der Waals surface area contributed by atoms with Gasteiger partial charge in [0.05, 0.1) is 18.7 Å². The molecular weight excluding hydrogens is 258 g/mol. The molecule has 106 valence electrons. The Labute approximate surface area is 117 Å². The molecule has 1 atom stereocenters. The molecule has 0 bridgehead atoms. The molecule has 0 aromatic heterocycles. The highest BCUT2D eigenvalue weighted by Gasteiger charge is 2.25. The molecule has 1 unspecified atom stereocenters. The van der Waals surface area contributed by atoms with Crippen LogP contribution in [0.5, 0.6) is 5.75 Å². The number of ketones is 1. The Balaban J connectivity index is 1.87. The van der Waals surface area contributed by atoms with Crippen LogP contribution in [0, 0.1) is 5.92 Å². The average Bonchev–Trinajstić information content (AvgIpc) is 2.69. The van der Waals surface area contributed by atoms with Crippen molar-refractivity contribution in [2.24, 2.45) is 5.92 Å². The van der Waals surface area contributed by atoms with Crippen molar-refractivity contribution in [3.63, 3.8) is 0 Å². The van der Waals surface area contributed by atoms with Gasteiger partial charge in [-0.15, -0.1) is 0 Å². The van der Waals surface area contributed by atoms with Gasteiger partial charge in [-0.05, 0) is 31.0 Å². The number of amides is 1. The molecule has 1 aromatic rings. The summed E-state index contributed by atoms with van der Waals surface area (Å²) in [6.07, 6.45) is 1.75. The summed E-state index contributed by atoms with van der Waals surface area (Å²) in [6.45, 7) is 2.12. The molecule has 5 nitrogen and oxygen atoms in total. The van der Waals surface area contributed by atoms with Crippen molar-refractivity contribution in [1.82, 2.24) is 5.32 Å². The van der Waals surface area contributed by atoms with E-state index in [0.717, 1.165) is 19.4 Å². The predicted molar refractivity (Wildman–Crippen MR) is 72.1 cm³/mol. The summed E-state index contributed by atoms with van der Waals surface area (Å²) in [5.74, 6) is 0.296. The van der Waals surface area contributed by atoms with Gasteiger partial charge in [-0.2, -0.15) is 0 Å². The Kier molecular flexibility index (Phi) is 3.69. The van der Waals surface area contributed by atoms with E-state index in [4.69, 9.17) is 9.47 Å². The molecule has 1 amide bonds. The highest BCUT2D eigenvalue weighted by molar-refractivity contribution is 6.03. The molecule has 1 N–H and O–H groups in total. The fourth-order valence-electron chi connectivity index (χ4n) is 2.59. The normalized spacial score (nSPS) is 22.2. The second kappa shape index (κ2) is 5.63. The first-order valence-electron chi connectivity index (χ1n) is 6.93. The van der Waals surface area contributed by atoms with Crippen LogP contribution in [0.15, 0.2) is 18.2 Å². The molecule has 2 aliphatic rings. The van der Waals surface area contributed by atoms with Crippen molar-refractivity contribution in [3.05, 3.63) is 29.3 Å². The van der Waals surface area contributed by atoms with Gasteiger partial charge < -0.3 is 14.8 Å². The Morgan fingerprint density at radius 1 is 1.30 bits per heavy atom. The van der Waals surface area contributed by atoms with Crippen LogP contribution in [0.25, 0.3) is 0 Å². The van der Waals surface area contributed by atoms with E-state index in [0.29, 0.717) is 36.6 Å². The van der Waals surface area contributed by atoms with Crippen LogP contribution in [-0.2, 0) is 4.74 Å². The van der Waals surface area contributed by atoms with E-state index >= 15 is 0 Å². The molecule has 3 rings (SSSR count). The molecule has 0 saturated carbocycles. The van der Waals surface area contributed by atoms with Crippen LogP contribution in [0.3, 0.4) is 0 Å². The van der Waals surface area contributed by atoms with Crippen LogP contribution in [0.4, 0.5) is 0 Å². The van der Waals surface area contributed by atoms with Crippen LogP contribution in [-0.4, -0.2) is 38.1 Å². The summed E-state index contributed by atoms with van der Waals surface area (Å²) in [5.41, 5.74) is 0.991. The van der Waals surface area contributed by atoms with E-state index in [1.807, 2.05) is 0 Å². The molecule has 0 aliphatic carbocycles. The summed E-state index contributed by atoms with van der Waals surface area (Å²) < 4.78 is 10.8. The smallest absolute Gasteiger partial charge is 0.255 e. The maximum absolute atomic E-state index is 12.4. The summed E-state index contributed by atoms with van der Waals surface area (Å²) in [7, 11) is 0. The lowest BCUT2D eigenvalue weighted by Crippen LogP contribution is -2.26. The highest BCUT2D eigenvalue weighted by Crippen LogP contribution is 2.25. The zero-order valence-corrected chi connectivity index (χ0v) is 11.2. The van der Waals surface area contributed by atoms with Crippen LogP contribution < -0.4 is 10.1 Å². The number of hydrogen-bond acceptors (Lipinski definition) is 4. The molecule has 20 heavy (non-hydrogen) atoms. The molecule has 1 aromatic carbocycles. The second-order valence-corrected chi connectivity index (χ2v) is 5.09. The number of fused-ring (bicyclic) bond motifs is 1. The van der Waals surface area contributed by atoms with Crippen molar-refractivity contribution in [2.45, 2.75) is 12.8 Å². The van der Waals surface area contributed by atoms with Crippen LogP contribution in [0.2, 0.25) is 0 Å². The Morgan fingerprint density at radius 3 is 3.00 bits per heavy atom. The largest absolute Gasteiger partial charge is 0.491 e. The summed E-state index contributed by atoms with van der Waals surface area (Å²) >= 11 is 0. The van der Waals surface area contributed by atoms with Crippen molar-refractivity contribution in [2.75, 3.05) is 26.4 Å². The Hall–Kier alpha value is -1.88. The van der Waals surface area contributed by atoms with Gasteiger partial charge in [0.25, 0.3) is 5.91 Å². The number of Topliss-reactive ketones (excluding diaryl/α,β-unsaturated/α-hetero) is 1. The molecule has 5 heteroatoms. The molecule has 2 aliphatic heterocycles. The number of rotatable bonds is 2. The third-order valence-electron chi connectivity index (χ3n) is 3.68. The van der Waals surface area contributed by atoms with Gasteiger partial charge >= 0.3 is 0 Å². The van der Waals surface area contributed by atoms with E-state index in [1.54, 1.807) is 18.2 Å². The zero-order chi connectivity index (χ0) is 13.9. The fraction of sp³-hybridized carbons (Fsp3) is 0.467. The molecule has 0 radical (unpaired) electrons. The van der Waals surface area contributed by atoms with Crippen LogP contribution >= 0.6 is 0 Å². The monoisotopic (exact) mass is 275 g/mol. The van der Waals surface area contributed by atoms with Crippen LogP contribution in [0.1, 0.15) is 33.6 Å². The minimum atomic E-state index is -0.188. The van der Waals surface area contributed by atoms with Crippen molar-refractivity contribution < 1.29 is 19.1 Å². The molecule has 1 fully saturated rings. The maximum Gasteiger partial charge on any atom is 0.255 e. The van der Waals surface area contributed by atoms with Gasteiger partial charge in [0.1, 0.15) is 12.4 Å². The summed E-state index contributed by atoms with van der Waals surface area (Å²) in [4.78, 5) is 24.4. The first kappa shape index (κ1) is 13.1. The molecular formula is C15H17NO4. The Bertz CT molecular complexity index is 535. The van der Waals surface area contributed by atoms with Gasteiger partial charge in [-0.3, -0.25) is 9.59 Å². The third kappa shape index (κ3) is 2.54. The summed E-state index contributed by atoms with van der Waals surface area (Å²) in [5, 5.41) is 2.75. The van der Waals surface area contributed by atoms with Crippen molar-refractivity contribution in [3.8, 4) is 5.75 Å². The minimum Gasteiger partial charge on any atom is -0.491 e. The standard InChI is InChI=1S/C15H17NO4/c17-14(11-2-1-6-19-9-11)10-3-4-13-12(8-10)15(18)16-5-7-20-13/h3-4,8,11H,1-2,5-7,9H2,(H,16,18). The van der Waals surface area contributed by atoms with Gasteiger partial charge in [-0.1, -0.05) is 0 Å². The number of hydrogen-bond donors (Lipinski definition) is 1. The number of ether oxygens (including phenoxy) is 2.